The van der Waals surface area contributed by atoms with Gasteiger partial charge in [-0.1, -0.05) is 11.8 Å². The first-order chi connectivity index (χ1) is 22.4. The van der Waals surface area contributed by atoms with Crippen LogP contribution < -0.4 is 10.6 Å². The third-order valence-corrected chi connectivity index (χ3v) is 9.87. The molecular weight excluding hydrogens is 584 g/mol. The van der Waals surface area contributed by atoms with Crippen LogP contribution in [0.3, 0.4) is 0 Å². The van der Waals surface area contributed by atoms with Gasteiger partial charge in [0.05, 0.1) is 58.4 Å². The molecule has 2 aromatic carbocycles. The van der Waals surface area contributed by atoms with Crippen LogP contribution in [0.5, 0.6) is 0 Å². The Bertz CT molecular complexity index is 1740. The number of imidazole rings is 2. The number of aliphatic hydroxyl groups is 2. The average Bonchev–Trinajstić information content (AvgIpc) is 3.90. The minimum Gasteiger partial charge on any atom is -0.392 e. The number of rotatable bonds is 4. The van der Waals surface area contributed by atoms with E-state index < -0.39 is 12.2 Å². The predicted octanol–water partition coefficient (Wildman–Crippen LogP) is 1.61. The van der Waals surface area contributed by atoms with E-state index in [9.17, 15) is 19.8 Å². The van der Waals surface area contributed by atoms with Gasteiger partial charge in [0.15, 0.2) is 0 Å². The molecule has 0 bridgehead atoms. The molecule has 12 nitrogen and oxygen atoms in total. The summed E-state index contributed by atoms with van der Waals surface area (Å²) in [6, 6.07) is 10.9. The molecule has 4 aromatic rings. The Morgan fingerprint density at radius 2 is 1.17 bits per heavy atom. The largest absolute Gasteiger partial charge is 0.392 e. The van der Waals surface area contributed by atoms with E-state index in [-0.39, 0.29) is 36.0 Å². The van der Waals surface area contributed by atoms with Gasteiger partial charge in [0, 0.05) is 37.3 Å². The zero-order chi connectivity index (χ0) is 31.4. The van der Waals surface area contributed by atoms with Gasteiger partial charge in [-0.15, -0.1) is 0 Å². The maximum absolute atomic E-state index is 13.2. The number of benzene rings is 2. The molecule has 238 valence electrons. The smallest absolute Gasteiger partial charge is 0.240 e. The number of carbonyl (C=O) groups excluding carboxylic acids is 2. The number of aromatic amines is 2. The van der Waals surface area contributed by atoms with Crippen LogP contribution in [0.15, 0.2) is 36.4 Å². The number of nitrogens with zero attached hydrogens (tertiary/aromatic N) is 4. The van der Waals surface area contributed by atoms with Gasteiger partial charge in [-0.2, -0.15) is 0 Å². The number of aromatic nitrogens is 4. The van der Waals surface area contributed by atoms with Crippen molar-refractivity contribution in [3.8, 4) is 11.8 Å². The second kappa shape index (κ2) is 11.8. The number of H-pyrrole nitrogens is 2. The van der Waals surface area contributed by atoms with E-state index in [0.717, 1.165) is 70.5 Å². The number of fused-ring (bicyclic) bond motifs is 2. The van der Waals surface area contributed by atoms with Crippen molar-refractivity contribution >= 4 is 33.9 Å². The fourth-order valence-corrected chi connectivity index (χ4v) is 7.51. The van der Waals surface area contributed by atoms with Crippen LogP contribution in [0.2, 0.25) is 0 Å². The third kappa shape index (κ3) is 5.43. The van der Waals surface area contributed by atoms with Crippen LogP contribution >= 0.6 is 0 Å². The van der Waals surface area contributed by atoms with Crippen LogP contribution in [-0.4, -0.2) is 102 Å². The molecule has 4 aliphatic rings. The third-order valence-electron chi connectivity index (χ3n) is 9.87. The Morgan fingerprint density at radius 1 is 0.717 bits per heavy atom. The minimum atomic E-state index is -0.476. The summed E-state index contributed by atoms with van der Waals surface area (Å²) in [6.45, 7) is 2.28. The molecule has 4 aliphatic heterocycles. The zero-order valence-electron chi connectivity index (χ0n) is 25.5. The standard InChI is InChI=1S/C34H38N8O4/c43-21-15-27(35-17-21)33(45)41-11-1-3-29(41)31-37-23-9-7-19(13-25(23)39-31)5-6-20-8-10-24-26(14-20)40-32(38-24)30-4-2-12-42(30)34(46)28-16-22(44)18-36-28/h7-10,13-14,21-22,27-30,35-36,43-44H,1-4,11-12,15-18H2,(H,37,39)(H,38,40)/t21-,22-,27+,28+,29-,30-/m0/s1. The minimum absolute atomic E-state index is 0.0308. The Kier molecular flexibility index (Phi) is 7.49. The van der Waals surface area contributed by atoms with Gasteiger partial charge in [-0.05, 0) is 74.9 Å². The van der Waals surface area contributed by atoms with Gasteiger partial charge in [0.25, 0.3) is 0 Å². The van der Waals surface area contributed by atoms with Crippen molar-refractivity contribution < 1.29 is 19.8 Å². The van der Waals surface area contributed by atoms with Crippen LogP contribution in [0.25, 0.3) is 22.1 Å². The van der Waals surface area contributed by atoms with Gasteiger partial charge in [0.2, 0.25) is 11.8 Å². The Hall–Kier alpha value is -4.28. The molecule has 2 aromatic heterocycles. The summed E-state index contributed by atoms with van der Waals surface area (Å²) < 4.78 is 0. The molecule has 0 spiro atoms. The van der Waals surface area contributed by atoms with Crippen molar-refractivity contribution in [3.63, 3.8) is 0 Å². The average molecular weight is 623 g/mol. The molecular formula is C34H38N8O4. The van der Waals surface area contributed by atoms with Crippen molar-refractivity contribution in [3.05, 3.63) is 59.2 Å². The number of amides is 2. The summed E-state index contributed by atoms with van der Waals surface area (Å²) >= 11 is 0. The van der Waals surface area contributed by atoms with Crippen molar-refractivity contribution in [1.29, 1.82) is 0 Å². The molecule has 6 atom stereocenters. The molecule has 4 saturated heterocycles. The summed E-state index contributed by atoms with van der Waals surface area (Å²) in [6.07, 6.45) is 3.48. The number of nitrogens with one attached hydrogen (secondary N) is 4. The molecule has 46 heavy (non-hydrogen) atoms. The van der Waals surface area contributed by atoms with Crippen molar-refractivity contribution in [1.82, 2.24) is 40.4 Å². The van der Waals surface area contributed by atoms with E-state index in [1.165, 1.54) is 0 Å². The molecule has 6 heterocycles. The highest BCUT2D eigenvalue weighted by Crippen LogP contribution is 2.34. The molecule has 2 amide bonds. The monoisotopic (exact) mass is 622 g/mol. The van der Waals surface area contributed by atoms with Gasteiger partial charge in [0.1, 0.15) is 11.6 Å². The molecule has 12 heteroatoms. The molecule has 8 rings (SSSR count). The number of hydrogen-bond donors (Lipinski definition) is 6. The predicted molar refractivity (Wildman–Crippen MR) is 170 cm³/mol. The molecule has 0 unspecified atom stereocenters. The van der Waals surface area contributed by atoms with Crippen LogP contribution in [-0.2, 0) is 9.59 Å². The number of likely N-dealkylation sites (tertiary alicyclic amines) is 2. The summed E-state index contributed by atoms with van der Waals surface area (Å²) in [7, 11) is 0. The Labute approximate surface area is 266 Å². The topological polar surface area (TPSA) is 162 Å². The maximum Gasteiger partial charge on any atom is 0.240 e. The van der Waals surface area contributed by atoms with E-state index in [1.807, 2.05) is 46.2 Å². The number of hydrogen-bond acceptors (Lipinski definition) is 8. The first kappa shape index (κ1) is 29.1. The highest BCUT2D eigenvalue weighted by molar-refractivity contribution is 5.84. The van der Waals surface area contributed by atoms with E-state index in [0.29, 0.717) is 39.0 Å². The fourth-order valence-electron chi connectivity index (χ4n) is 7.51. The van der Waals surface area contributed by atoms with Crippen molar-refractivity contribution in [2.24, 2.45) is 0 Å². The lowest BCUT2D eigenvalue weighted by Gasteiger charge is -2.26. The molecule has 0 aliphatic carbocycles. The van der Waals surface area contributed by atoms with Gasteiger partial charge < -0.3 is 40.6 Å². The molecule has 0 saturated carbocycles. The Morgan fingerprint density at radius 3 is 1.59 bits per heavy atom. The van der Waals surface area contributed by atoms with Crippen LogP contribution in [0.1, 0.15) is 73.4 Å². The summed E-state index contributed by atoms with van der Waals surface area (Å²) in [5.74, 6) is 8.15. The number of aliphatic hydroxyl groups excluding tert-OH is 2. The van der Waals surface area contributed by atoms with Crippen molar-refractivity contribution in [2.45, 2.75) is 74.9 Å². The number of carbonyl (C=O) groups is 2. The van der Waals surface area contributed by atoms with Gasteiger partial charge in [-0.3, -0.25) is 9.59 Å². The molecule has 6 N–H and O–H groups in total. The SMILES string of the molecule is O=C([C@H]1C[C@H](O)CN1)N1CCC[C@H]1c1nc2cc(C#Cc3ccc4[nH]c([C@@H]5CCCN5C(=O)[C@H]5C[C@H](O)CN5)nc4c3)ccc2[nH]1. The Balaban J connectivity index is 0.981. The van der Waals surface area contributed by atoms with Crippen LogP contribution in [0, 0.1) is 11.8 Å². The first-order valence-corrected chi connectivity index (χ1v) is 16.3. The van der Waals surface area contributed by atoms with E-state index >= 15 is 0 Å². The van der Waals surface area contributed by atoms with Crippen molar-refractivity contribution in [2.75, 3.05) is 26.2 Å². The van der Waals surface area contributed by atoms with Crippen LogP contribution in [0.4, 0.5) is 0 Å². The lowest BCUT2D eigenvalue weighted by Crippen LogP contribution is -2.43. The van der Waals surface area contributed by atoms with E-state index in [2.05, 4.69) is 32.4 Å². The zero-order valence-corrected chi connectivity index (χ0v) is 25.5. The fraction of sp³-hybridized carbons (Fsp3) is 0.471. The lowest BCUT2D eigenvalue weighted by atomic mass is 10.1. The molecule has 0 radical (unpaired) electrons. The highest BCUT2D eigenvalue weighted by atomic mass is 16.3. The second-order valence-electron chi connectivity index (χ2n) is 13.0. The highest BCUT2D eigenvalue weighted by Gasteiger charge is 2.39. The second-order valence-corrected chi connectivity index (χ2v) is 13.0. The normalized spacial score (nSPS) is 28.0. The molecule has 4 fully saturated rings. The summed E-state index contributed by atoms with van der Waals surface area (Å²) in [4.78, 5) is 46.7. The number of β-amino-alcohol motifs (C(OH)–C–C–N with tert-alkyl or cyclic N) is 2. The summed E-state index contributed by atoms with van der Waals surface area (Å²) in [5.41, 5.74) is 5.09. The quantitative estimate of drug-likeness (QED) is 0.187. The first-order valence-electron chi connectivity index (χ1n) is 16.3. The van der Waals surface area contributed by atoms with Gasteiger partial charge >= 0.3 is 0 Å². The van der Waals surface area contributed by atoms with Gasteiger partial charge in [-0.25, -0.2) is 9.97 Å². The lowest BCUT2D eigenvalue weighted by molar-refractivity contribution is -0.135. The summed E-state index contributed by atoms with van der Waals surface area (Å²) in [5, 5.41) is 26.0. The van der Waals surface area contributed by atoms with E-state index in [4.69, 9.17) is 9.97 Å². The maximum atomic E-state index is 13.2. The van der Waals surface area contributed by atoms with E-state index in [1.54, 1.807) is 0 Å².